The second kappa shape index (κ2) is 6.71. The van der Waals surface area contributed by atoms with E-state index in [1.54, 1.807) is 7.11 Å². The number of aliphatic hydroxyl groups excluding tert-OH is 1. The Morgan fingerprint density at radius 3 is 2.66 bits per heavy atom. The summed E-state index contributed by atoms with van der Waals surface area (Å²) in [5, 5.41) is 11.1. The highest BCUT2D eigenvalue weighted by Crippen LogP contribution is 2.52. The first kappa shape index (κ1) is 18.4. The van der Waals surface area contributed by atoms with Crippen LogP contribution in [0.3, 0.4) is 0 Å². The molecule has 0 unspecified atom stereocenters. The maximum absolute atomic E-state index is 11.1. The molecule has 0 saturated carbocycles. The predicted molar refractivity (Wildman–Crippen MR) is 105 cm³/mol. The van der Waals surface area contributed by atoms with Gasteiger partial charge in [0.05, 0.1) is 39.4 Å². The molecule has 0 aliphatic carbocycles. The number of benzene rings is 2. The van der Waals surface area contributed by atoms with E-state index in [-0.39, 0.29) is 19.6 Å². The smallest absolute Gasteiger partial charge is 0.231 e. The lowest BCUT2D eigenvalue weighted by Crippen LogP contribution is -2.48. The zero-order chi connectivity index (χ0) is 20.2. The number of quaternary nitrogens is 1. The van der Waals surface area contributed by atoms with Gasteiger partial charge >= 0.3 is 0 Å². The third kappa shape index (κ3) is 2.96. The van der Waals surface area contributed by atoms with Crippen LogP contribution in [0.1, 0.15) is 35.3 Å². The average molecular weight is 400 g/mol. The van der Waals surface area contributed by atoms with Crippen LogP contribution in [-0.2, 0) is 6.42 Å². The first-order chi connectivity index (χ1) is 14.0. The van der Waals surface area contributed by atoms with Crippen molar-refractivity contribution in [3.8, 4) is 28.7 Å². The fourth-order valence-corrected chi connectivity index (χ4v) is 4.64. The second-order valence-electron chi connectivity index (χ2n) is 8.35. The minimum Gasteiger partial charge on any atom is -0.492 e. The molecule has 0 radical (unpaired) electrons. The number of ether oxygens (including phenoxy) is 5. The number of rotatable bonds is 4. The molecular formula is C22H26NO6+. The topological polar surface area (TPSA) is 66.4 Å². The van der Waals surface area contributed by atoms with Gasteiger partial charge in [-0.05, 0) is 29.3 Å². The second-order valence-corrected chi connectivity index (χ2v) is 8.35. The van der Waals surface area contributed by atoms with Crippen LogP contribution in [0.5, 0.6) is 28.7 Å². The van der Waals surface area contributed by atoms with Crippen LogP contribution < -0.4 is 23.7 Å². The van der Waals surface area contributed by atoms with E-state index in [0.29, 0.717) is 17.9 Å². The van der Waals surface area contributed by atoms with E-state index in [1.807, 2.05) is 18.2 Å². The Labute approximate surface area is 169 Å². The van der Waals surface area contributed by atoms with Crippen LogP contribution in [0.2, 0.25) is 0 Å². The van der Waals surface area contributed by atoms with Crippen LogP contribution in [0, 0.1) is 0 Å². The van der Waals surface area contributed by atoms with Crippen molar-refractivity contribution >= 4 is 0 Å². The molecule has 3 aliphatic heterocycles. The largest absolute Gasteiger partial charge is 0.492 e. The van der Waals surface area contributed by atoms with Crippen LogP contribution in [-0.4, -0.2) is 50.9 Å². The summed E-state index contributed by atoms with van der Waals surface area (Å²) in [5.74, 6) is 3.53. The van der Waals surface area contributed by atoms with E-state index >= 15 is 0 Å². The van der Waals surface area contributed by atoms with Gasteiger partial charge in [-0.25, -0.2) is 0 Å². The lowest BCUT2D eigenvalue weighted by atomic mass is 9.85. The van der Waals surface area contributed by atoms with Gasteiger partial charge in [-0.2, -0.15) is 0 Å². The molecule has 7 heteroatoms. The van der Waals surface area contributed by atoms with Crippen molar-refractivity contribution in [2.75, 3.05) is 41.3 Å². The summed E-state index contributed by atoms with van der Waals surface area (Å²) in [6.07, 6.45) is 0.828. The molecular weight excluding hydrogens is 374 g/mol. The zero-order valence-electron chi connectivity index (χ0n) is 16.9. The van der Waals surface area contributed by atoms with Gasteiger partial charge in [0, 0.05) is 12.8 Å². The third-order valence-electron chi connectivity index (χ3n) is 6.31. The Balaban J connectivity index is 1.53. The van der Waals surface area contributed by atoms with E-state index in [0.717, 1.165) is 45.8 Å². The molecule has 0 spiro atoms. The molecule has 3 heterocycles. The van der Waals surface area contributed by atoms with E-state index in [2.05, 4.69) is 20.2 Å². The summed E-state index contributed by atoms with van der Waals surface area (Å²) in [4.78, 5) is 0. The summed E-state index contributed by atoms with van der Waals surface area (Å²) < 4.78 is 28.7. The fraction of sp³-hybridized carbons (Fsp3) is 0.455. The molecule has 0 amide bonds. The van der Waals surface area contributed by atoms with Crippen molar-refractivity contribution in [3.05, 3.63) is 41.0 Å². The molecule has 3 aliphatic rings. The van der Waals surface area contributed by atoms with E-state index < -0.39 is 6.10 Å². The minimum atomic E-state index is -0.645. The Bertz CT molecular complexity index is 957. The minimum absolute atomic E-state index is 0.0450. The number of methoxy groups -OCH3 is 1. The summed E-state index contributed by atoms with van der Waals surface area (Å²) in [6.45, 7) is 1.39. The van der Waals surface area contributed by atoms with Gasteiger partial charge in [-0.1, -0.05) is 6.07 Å². The van der Waals surface area contributed by atoms with E-state index in [9.17, 15) is 5.11 Å². The Hall–Kier alpha value is -2.64. The van der Waals surface area contributed by atoms with Crippen molar-refractivity contribution in [2.24, 2.45) is 0 Å². The Morgan fingerprint density at radius 1 is 1.07 bits per heavy atom. The molecule has 5 rings (SSSR count). The molecule has 0 aromatic heterocycles. The van der Waals surface area contributed by atoms with E-state index in [4.69, 9.17) is 23.7 Å². The zero-order valence-corrected chi connectivity index (χ0v) is 16.9. The molecule has 29 heavy (non-hydrogen) atoms. The number of fused-ring (bicyclic) bond motifs is 3. The predicted octanol–water partition coefficient (Wildman–Crippen LogP) is 2.95. The van der Waals surface area contributed by atoms with Crippen LogP contribution >= 0.6 is 0 Å². The lowest BCUT2D eigenvalue weighted by Gasteiger charge is -2.44. The van der Waals surface area contributed by atoms with Crippen molar-refractivity contribution in [2.45, 2.75) is 25.0 Å². The van der Waals surface area contributed by atoms with Gasteiger partial charge in [-0.15, -0.1) is 0 Å². The highest BCUT2D eigenvalue weighted by Gasteiger charge is 2.42. The molecule has 2 aromatic carbocycles. The van der Waals surface area contributed by atoms with Gasteiger partial charge in [0.1, 0.15) is 6.04 Å². The summed E-state index contributed by atoms with van der Waals surface area (Å²) in [6, 6.07) is 7.74. The van der Waals surface area contributed by atoms with Crippen molar-refractivity contribution in [3.63, 3.8) is 0 Å². The fourth-order valence-electron chi connectivity index (χ4n) is 4.64. The van der Waals surface area contributed by atoms with Crippen molar-refractivity contribution in [1.82, 2.24) is 0 Å². The van der Waals surface area contributed by atoms with E-state index in [1.165, 1.54) is 5.56 Å². The standard InChI is InChI=1S/C22H26NO6/c1-23(2)7-6-14-9-19-21(29-12-28-19)22(25-3)20(14)15(23)10-16(24)13-4-5-17-18(8-13)27-11-26-17/h4-5,8-9,15-16,24H,6-7,10-12H2,1-3H3/q+1/t15-,16+/m1/s1. The highest BCUT2D eigenvalue weighted by atomic mass is 16.7. The number of likely N-dealkylation sites (N-methyl/N-ethyl adjacent to an activating group) is 1. The molecule has 0 bridgehead atoms. The van der Waals surface area contributed by atoms with Crippen LogP contribution in [0.15, 0.2) is 24.3 Å². The first-order valence-corrected chi connectivity index (χ1v) is 9.87. The summed E-state index contributed by atoms with van der Waals surface area (Å²) >= 11 is 0. The van der Waals surface area contributed by atoms with Gasteiger partial charge in [0.25, 0.3) is 0 Å². The van der Waals surface area contributed by atoms with Gasteiger partial charge in [-0.3, -0.25) is 0 Å². The maximum Gasteiger partial charge on any atom is 0.231 e. The summed E-state index contributed by atoms with van der Waals surface area (Å²) in [7, 11) is 6.06. The van der Waals surface area contributed by atoms with Crippen LogP contribution in [0.4, 0.5) is 0 Å². The SMILES string of the molecule is COc1c2c(cc3c1[C@@H](C[C@H](O)c1ccc4c(c1)OCO4)[N+](C)(C)CC3)OCO2. The Kier molecular flexibility index (Phi) is 4.26. The molecule has 0 saturated heterocycles. The lowest BCUT2D eigenvalue weighted by molar-refractivity contribution is -0.924. The quantitative estimate of drug-likeness (QED) is 0.796. The monoisotopic (exact) mass is 400 g/mol. The third-order valence-corrected chi connectivity index (χ3v) is 6.31. The molecule has 7 nitrogen and oxygen atoms in total. The Morgan fingerprint density at radius 2 is 1.83 bits per heavy atom. The average Bonchev–Trinajstić information content (AvgIpc) is 3.36. The summed E-state index contributed by atoms with van der Waals surface area (Å²) in [5.41, 5.74) is 3.13. The first-order valence-electron chi connectivity index (χ1n) is 9.87. The normalized spacial score (nSPS) is 21.6. The molecule has 154 valence electrons. The number of hydrogen-bond donors (Lipinski definition) is 1. The maximum atomic E-state index is 11.1. The van der Waals surface area contributed by atoms with Gasteiger partial charge in [0.15, 0.2) is 23.0 Å². The van der Waals surface area contributed by atoms with Crippen molar-refractivity contribution < 1.29 is 33.3 Å². The van der Waals surface area contributed by atoms with Gasteiger partial charge in [0.2, 0.25) is 19.3 Å². The van der Waals surface area contributed by atoms with Crippen molar-refractivity contribution in [1.29, 1.82) is 0 Å². The number of aliphatic hydroxyl groups is 1. The molecule has 2 aromatic rings. The number of hydrogen-bond acceptors (Lipinski definition) is 6. The highest BCUT2D eigenvalue weighted by molar-refractivity contribution is 5.61. The molecule has 2 atom stereocenters. The van der Waals surface area contributed by atoms with Gasteiger partial charge < -0.3 is 33.3 Å². The molecule has 1 N–H and O–H groups in total. The van der Waals surface area contributed by atoms with Crippen LogP contribution in [0.25, 0.3) is 0 Å². The molecule has 0 fully saturated rings. The number of nitrogens with zero attached hydrogens (tertiary/aromatic N) is 1.